The molecule has 0 radical (unpaired) electrons. The van der Waals surface area contributed by atoms with Gasteiger partial charge in [0.2, 0.25) is 11.8 Å². The van der Waals surface area contributed by atoms with Crippen molar-refractivity contribution < 1.29 is 9.53 Å². The molecule has 0 bridgehead atoms. The molecular formula is C14H24N4O2. The molecule has 1 unspecified atom stereocenters. The second kappa shape index (κ2) is 7.67. The van der Waals surface area contributed by atoms with Gasteiger partial charge in [-0.1, -0.05) is 20.8 Å². The van der Waals surface area contributed by atoms with E-state index in [4.69, 9.17) is 4.74 Å². The van der Waals surface area contributed by atoms with E-state index in [1.54, 1.807) is 19.4 Å². The summed E-state index contributed by atoms with van der Waals surface area (Å²) in [5, 5.41) is 2.64. The van der Waals surface area contributed by atoms with Gasteiger partial charge in [0.05, 0.1) is 24.9 Å². The van der Waals surface area contributed by atoms with Gasteiger partial charge in [0, 0.05) is 20.6 Å². The molecule has 0 aromatic carbocycles. The van der Waals surface area contributed by atoms with Crippen LogP contribution in [0.3, 0.4) is 0 Å². The number of hydrogen-bond donors (Lipinski definition) is 1. The van der Waals surface area contributed by atoms with Crippen molar-refractivity contribution in [1.82, 2.24) is 15.3 Å². The van der Waals surface area contributed by atoms with Gasteiger partial charge in [-0.2, -0.15) is 4.98 Å². The lowest BCUT2D eigenvalue weighted by molar-refractivity contribution is -0.123. The first-order valence-corrected chi connectivity index (χ1v) is 6.81. The van der Waals surface area contributed by atoms with Crippen molar-refractivity contribution in [3.05, 3.63) is 12.4 Å². The summed E-state index contributed by atoms with van der Waals surface area (Å²) in [6.45, 7) is 7.21. The van der Waals surface area contributed by atoms with Gasteiger partial charge in [-0.3, -0.25) is 9.78 Å². The van der Waals surface area contributed by atoms with Gasteiger partial charge in [0.15, 0.2) is 5.82 Å². The molecule has 1 amide bonds. The summed E-state index contributed by atoms with van der Waals surface area (Å²) >= 11 is 0. The third kappa shape index (κ3) is 5.03. The van der Waals surface area contributed by atoms with Crippen LogP contribution in [0.4, 0.5) is 5.82 Å². The monoisotopic (exact) mass is 280 g/mol. The maximum Gasteiger partial charge on any atom is 0.234 e. The fourth-order valence-electron chi connectivity index (χ4n) is 1.68. The quantitative estimate of drug-likeness (QED) is 0.816. The molecule has 0 aliphatic heterocycles. The topological polar surface area (TPSA) is 67.4 Å². The highest BCUT2D eigenvalue weighted by Gasteiger charge is 2.15. The highest BCUT2D eigenvalue weighted by atomic mass is 16.5. The van der Waals surface area contributed by atoms with Crippen LogP contribution < -0.4 is 15.0 Å². The Bertz CT molecular complexity index is 437. The number of rotatable bonds is 7. The summed E-state index contributed by atoms with van der Waals surface area (Å²) in [5.74, 6) is 1.54. The molecular weight excluding hydrogens is 256 g/mol. The largest absolute Gasteiger partial charge is 0.476 e. The van der Waals surface area contributed by atoms with Crippen molar-refractivity contribution in [1.29, 1.82) is 0 Å². The van der Waals surface area contributed by atoms with Crippen molar-refractivity contribution in [2.75, 3.05) is 32.1 Å². The van der Waals surface area contributed by atoms with E-state index >= 15 is 0 Å². The van der Waals surface area contributed by atoms with E-state index in [0.717, 1.165) is 0 Å². The fourth-order valence-corrected chi connectivity index (χ4v) is 1.68. The second-order valence-electron chi connectivity index (χ2n) is 5.32. The predicted molar refractivity (Wildman–Crippen MR) is 78.9 cm³/mol. The maximum atomic E-state index is 11.5. The van der Waals surface area contributed by atoms with Crippen molar-refractivity contribution in [2.24, 2.45) is 11.8 Å². The second-order valence-corrected chi connectivity index (χ2v) is 5.32. The fraction of sp³-hybridized carbons (Fsp3) is 0.643. The summed E-state index contributed by atoms with van der Waals surface area (Å²) in [4.78, 5) is 21.9. The summed E-state index contributed by atoms with van der Waals surface area (Å²) in [6, 6.07) is 0. The first kappa shape index (κ1) is 16.2. The van der Waals surface area contributed by atoms with Crippen LogP contribution in [0.2, 0.25) is 0 Å². The predicted octanol–water partition coefficient (Wildman–Crippen LogP) is 1.33. The van der Waals surface area contributed by atoms with E-state index in [-0.39, 0.29) is 11.8 Å². The van der Waals surface area contributed by atoms with Gasteiger partial charge in [-0.15, -0.1) is 0 Å². The Hall–Kier alpha value is -1.85. The van der Waals surface area contributed by atoms with E-state index in [9.17, 15) is 4.79 Å². The van der Waals surface area contributed by atoms with Gasteiger partial charge in [0.1, 0.15) is 0 Å². The molecule has 1 heterocycles. The number of hydrogen-bond acceptors (Lipinski definition) is 5. The molecule has 1 atom stereocenters. The van der Waals surface area contributed by atoms with Crippen LogP contribution in [0.25, 0.3) is 0 Å². The van der Waals surface area contributed by atoms with E-state index in [0.29, 0.717) is 30.8 Å². The Morgan fingerprint density at radius 1 is 1.40 bits per heavy atom. The Morgan fingerprint density at radius 2 is 2.10 bits per heavy atom. The first-order chi connectivity index (χ1) is 9.43. The molecule has 1 rings (SSSR count). The number of ether oxygens (including phenoxy) is 1. The van der Waals surface area contributed by atoms with Crippen molar-refractivity contribution in [2.45, 2.75) is 20.8 Å². The van der Waals surface area contributed by atoms with Crippen LogP contribution in [0.15, 0.2) is 12.4 Å². The van der Waals surface area contributed by atoms with Gasteiger partial charge in [-0.05, 0) is 5.92 Å². The van der Waals surface area contributed by atoms with Crippen molar-refractivity contribution >= 4 is 11.7 Å². The third-order valence-corrected chi connectivity index (χ3v) is 2.80. The lowest BCUT2D eigenvalue weighted by atomic mass is 10.1. The zero-order valence-electron chi connectivity index (χ0n) is 12.9. The average Bonchev–Trinajstić information content (AvgIpc) is 2.44. The first-order valence-electron chi connectivity index (χ1n) is 6.81. The Balaban J connectivity index is 2.66. The third-order valence-electron chi connectivity index (χ3n) is 2.80. The molecule has 6 nitrogen and oxygen atoms in total. The molecule has 0 fully saturated rings. The standard InChI is InChI=1S/C14H24N4O2/c1-10(2)9-20-13-7-16-6-12(17-13)18(5)8-11(3)14(19)15-4/h6-7,10-11H,8-9H2,1-5H3,(H,15,19). The number of aromatic nitrogens is 2. The minimum absolute atomic E-state index is 0.0111. The Labute approximate surface area is 120 Å². The zero-order valence-corrected chi connectivity index (χ0v) is 12.9. The smallest absolute Gasteiger partial charge is 0.234 e. The Morgan fingerprint density at radius 3 is 2.70 bits per heavy atom. The summed E-state index contributed by atoms with van der Waals surface area (Å²) < 4.78 is 5.55. The number of carbonyl (C=O) groups excluding carboxylic acids is 1. The van der Waals surface area contributed by atoms with Gasteiger partial charge < -0.3 is 15.0 Å². The van der Waals surface area contributed by atoms with Crippen LogP contribution >= 0.6 is 0 Å². The van der Waals surface area contributed by atoms with E-state index in [1.165, 1.54) is 0 Å². The molecule has 112 valence electrons. The molecule has 6 heteroatoms. The number of carbonyl (C=O) groups is 1. The average molecular weight is 280 g/mol. The van der Waals surface area contributed by atoms with Gasteiger partial charge >= 0.3 is 0 Å². The van der Waals surface area contributed by atoms with Crippen LogP contribution in [-0.4, -0.2) is 43.1 Å². The minimum atomic E-state index is -0.118. The molecule has 1 aromatic rings. The van der Waals surface area contributed by atoms with Gasteiger partial charge in [0.25, 0.3) is 0 Å². The SMILES string of the molecule is CNC(=O)C(C)CN(C)c1cncc(OCC(C)C)n1. The number of nitrogens with one attached hydrogen (secondary N) is 1. The van der Waals surface area contributed by atoms with Crippen LogP contribution in [0.5, 0.6) is 5.88 Å². The molecule has 1 N–H and O–H groups in total. The maximum absolute atomic E-state index is 11.5. The van der Waals surface area contributed by atoms with Crippen LogP contribution in [0.1, 0.15) is 20.8 Å². The van der Waals surface area contributed by atoms with E-state index < -0.39 is 0 Å². The normalized spacial score (nSPS) is 12.1. The van der Waals surface area contributed by atoms with Crippen LogP contribution in [0, 0.1) is 11.8 Å². The van der Waals surface area contributed by atoms with Crippen LogP contribution in [-0.2, 0) is 4.79 Å². The zero-order chi connectivity index (χ0) is 15.1. The van der Waals surface area contributed by atoms with E-state index in [2.05, 4.69) is 29.1 Å². The number of anilines is 1. The summed E-state index contributed by atoms with van der Waals surface area (Å²) in [7, 11) is 3.52. The highest BCUT2D eigenvalue weighted by Crippen LogP contribution is 2.14. The molecule has 0 aliphatic rings. The molecule has 0 aliphatic carbocycles. The van der Waals surface area contributed by atoms with Gasteiger partial charge in [-0.25, -0.2) is 0 Å². The molecule has 0 saturated heterocycles. The molecule has 1 aromatic heterocycles. The summed E-state index contributed by atoms with van der Waals surface area (Å²) in [5.41, 5.74) is 0. The molecule has 0 spiro atoms. The summed E-state index contributed by atoms with van der Waals surface area (Å²) in [6.07, 6.45) is 3.26. The number of nitrogens with zero attached hydrogens (tertiary/aromatic N) is 3. The lowest BCUT2D eigenvalue weighted by Crippen LogP contribution is -2.34. The highest BCUT2D eigenvalue weighted by molar-refractivity contribution is 5.78. The van der Waals surface area contributed by atoms with E-state index in [1.807, 2.05) is 18.9 Å². The lowest BCUT2D eigenvalue weighted by Gasteiger charge is -2.21. The number of amides is 1. The van der Waals surface area contributed by atoms with Crippen molar-refractivity contribution in [3.63, 3.8) is 0 Å². The molecule has 20 heavy (non-hydrogen) atoms. The Kier molecular flexibility index (Phi) is 6.21. The molecule has 0 saturated carbocycles. The minimum Gasteiger partial charge on any atom is -0.476 e. The van der Waals surface area contributed by atoms with Crippen molar-refractivity contribution in [3.8, 4) is 5.88 Å².